The van der Waals surface area contributed by atoms with E-state index in [1.165, 1.54) is 6.92 Å². The topological polar surface area (TPSA) is 59.3 Å². The van der Waals surface area contributed by atoms with Crippen LogP contribution >= 0.6 is 0 Å². The lowest BCUT2D eigenvalue weighted by Gasteiger charge is -2.45. The van der Waals surface area contributed by atoms with Gasteiger partial charge in [0.1, 0.15) is 12.2 Å². The van der Waals surface area contributed by atoms with Gasteiger partial charge >= 0.3 is 5.97 Å². The van der Waals surface area contributed by atoms with Gasteiger partial charge in [-0.25, -0.2) is 0 Å². The minimum absolute atomic E-state index is 0.150. The maximum absolute atomic E-state index is 11.1. The Balaban J connectivity index is 2.89. The van der Waals surface area contributed by atoms with Crippen molar-refractivity contribution >= 4 is 5.97 Å². The van der Waals surface area contributed by atoms with E-state index in [9.17, 15) is 4.79 Å². The first-order chi connectivity index (χ1) is 7.91. The third-order valence-electron chi connectivity index (χ3n) is 3.25. The molecule has 0 aromatic carbocycles. The average molecular weight is 237 g/mol. The fraction of sp³-hybridized carbons (Fsp3) is 0.692. The van der Waals surface area contributed by atoms with E-state index in [2.05, 4.69) is 12.6 Å². The number of nitriles is 1. The van der Waals surface area contributed by atoms with Crippen LogP contribution in [0.25, 0.3) is 0 Å². The third kappa shape index (κ3) is 3.07. The minimum Gasteiger partial charge on any atom is -0.462 e. The van der Waals surface area contributed by atoms with E-state index in [-0.39, 0.29) is 23.6 Å². The number of rotatable bonds is 3. The van der Waals surface area contributed by atoms with E-state index < -0.39 is 6.10 Å². The van der Waals surface area contributed by atoms with Crippen molar-refractivity contribution in [2.45, 2.75) is 51.9 Å². The normalized spacial score (nSPS) is 31.3. The van der Waals surface area contributed by atoms with Crippen LogP contribution in [0, 0.1) is 16.7 Å². The average Bonchev–Trinajstić information content (AvgIpc) is 2.23. The summed E-state index contributed by atoms with van der Waals surface area (Å²) in [5, 5.41) is 8.96. The Morgan fingerprint density at radius 1 is 1.71 bits per heavy atom. The second kappa shape index (κ2) is 5.33. The van der Waals surface area contributed by atoms with E-state index >= 15 is 0 Å². The molecule has 3 atom stereocenters. The first-order valence-corrected chi connectivity index (χ1v) is 5.75. The molecule has 1 saturated heterocycles. The number of carbonyl (C=O) groups is 1. The summed E-state index contributed by atoms with van der Waals surface area (Å²) in [6.07, 6.45) is 1.87. The van der Waals surface area contributed by atoms with Gasteiger partial charge in [0.2, 0.25) is 0 Å². The largest absolute Gasteiger partial charge is 0.462 e. The smallest absolute Gasteiger partial charge is 0.302 e. The van der Waals surface area contributed by atoms with Crippen molar-refractivity contribution in [2.75, 3.05) is 0 Å². The molecule has 0 radical (unpaired) electrons. The highest BCUT2D eigenvalue weighted by molar-refractivity contribution is 5.66. The van der Waals surface area contributed by atoms with Crippen LogP contribution in [0.2, 0.25) is 0 Å². The Hall–Kier alpha value is -1.34. The number of esters is 1. The van der Waals surface area contributed by atoms with E-state index in [4.69, 9.17) is 14.7 Å². The van der Waals surface area contributed by atoms with Crippen molar-refractivity contribution in [3.05, 3.63) is 12.7 Å². The van der Waals surface area contributed by atoms with Crippen LogP contribution in [-0.2, 0) is 14.3 Å². The molecule has 1 aliphatic heterocycles. The SMILES string of the molecule is C=CC[C@H]1O[C@H](C#N)C[C@@H](OC(C)=O)C1(C)C. The molecule has 1 rings (SSSR count). The summed E-state index contributed by atoms with van der Waals surface area (Å²) in [7, 11) is 0. The molecule has 0 unspecified atom stereocenters. The zero-order chi connectivity index (χ0) is 13.1. The maximum atomic E-state index is 11.1. The summed E-state index contributed by atoms with van der Waals surface area (Å²) in [5.41, 5.74) is -0.312. The van der Waals surface area contributed by atoms with Gasteiger partial charge in [-0.05, 0) is 6.42 Å². The molecule has 17 heavy (non-hydrogen) atoms. The van der Waals surface area contributed by atoms with E-state index in [1.807, 2.05) is 13.8 Å². The molecule has 0 aromatic rings. The molecular formula is C13H19NO3. The first-order valence-electron chi connectivity index (χ1n) is 5.75. The van der Waals surface area contributed by atoms with Crippen LogP contribution in [0.1, 0.15) is 33.6 Å². The Morgan fingerprint density at radius 2 is 2.35 bits per heavy atom. The highest BCUT2D eigenvalue weighted by Gasteiger charge is 2.46. The summed E-state index contributed by atoms with van der Waals surface area (Å²) in [4.78, 5) is 11.1. The second-order valence-electron chi connectivity index (χ2n) is 4.92. The molecule has 0 N–H and O–H groups in total. The van der Waals surface area contributed by atoms with Crippen molar-refractivity contribution in [1.82, 2.24) is 0 Å². The van der Waals surface area contributed by atoms with E-state index in [0.717, 1.165) is 0 Å². The summed E-state index contributed by atoms with van der Waals surface area (Å²) >= 11 is 0. The molecule has 1 aliphatic rings. The summed E-state index contributed by atoms with van der Waals surface area (Å²) in [6.45, 7) is 9.05. The Morgan fingerprint density at radius 3 is 2.82 bits per heavy atom. The van der Waals surface area contributed by atoms with Crippen molar-refractivity contribution in [3.8, 4) is 6.07 Å². The van der Waals surface area contributed by atoms with Crippen LogP contribution < -0.4 is 0 Å². The van der Waals surface area contributed by atoms with Crippen molar-refractivity contribution in [3.63, 3.8) is 0 Å². The van der Waals surface area contributed by atoms with Crippen molar-refractivity contribution in [1.29, 1.82) is 5.26 Å². The molecule has 4 nitrogen and oxygen atoms in total. The lowest BCUT2D eigenvalue weighted by Crippen LogP contribution is -2.51. The number of hydrogen-bond acceptors (Lipinski definition) is 4. The third-order valence-corrected chi connectivity index (χ3v) is 3.25. The van der Waals surface area contributed by atoms with Crippen LogP contribution in [0.4, 0.5) is 0 Å². The highest BCUT2D eigenvalue weighted by Crippen LogP contribution is 2.39. The predicted octanol–water partition coefficient (Wildman–Crippen LogP) is 2.20. The zero-order valence-corrected chi connectivity index (χ0v) is 10.6. The van der Waals surface area contributed by atoms with Crippen LogP contribution in [0.15, 0.2) is 12.7 Å². The fourth-order valence-electron chi connectivity index (χ4n) is 2.13. The molecule has 1 fully saturated rings. The van der Waals surface area contributed by atoms with Gasteiger partial charge in [-0.2, -0.15) is 5.26 Å². The second-order valence-corrected chi connectivity index (χ2v) is 4.92. The molecule has 0 bridgehead atoms. The molecule has 0 amide bonds. The Kier molecular flexibility index (Phi) is 4.30. The van der Waals surface area contributed by atoms with Gasteiger partial charge in [0.05, 0.1) is 12.2 Å². The molecule has 1 heterocycles. The quantitative estimate of drug-likeness (QED) is 0.557. The number of carbonyl (C=O) groups excluding carboxylic acids is 1. The lowest BCUT2D eigenvalue weighted by molar-refractivity contribution is -0.186. The maximum Gasteiger partial charge on any atom is 0.302 e. The van der Waals surface area contributed by atoms with E-state index in [0.29, 0.717) is 12.8 Å². The van der Waals surface area contributed by atoms with Gasteiger partial charge < -0.3 is 9.47 Å². The predicted molar refractivity (Wildman–Crippen MR) is 63.0 cm³/mol. The Bertz CT molecular complexity index is 343. The van der Waals surface area contributed by atoms with Gasteiger partial charge in [0.25, 0.3) is 0 Å². The molecule has 0 spiro atoms. The van der Waals surface area contributed by atoms with Crippen molar-refractivity contribution in [2.24, 2.45) is 5.41 Å². The van der Waals surface area contributed by atoms with Crippen molar-refractivity contribution < 1.29 is 14.3 Å². The molecule has 94 valence electrons. The van der Waals surface area contributed by atoms with Gasteiger partial charge in [0, 0.05) is 18.8 Å². The number of nitrogens with zero attached hydrogens (tertiary/aromatic N) is 1. The summed E-state index contributed by atoms with van der Waals surface area (Å²) in [5.74, 6) is -0.320. The standard InChI is InChI=1S/C13H19NO3/c1-5-6-11-13(3,4)12(16-9(2)15)7-10(8-14)17-11/h5,10-12H,1,6-7H2,2-4H3/t10-,11+,12+/m0/s1. The molecule has 0 aliphatic carbocycles. The lowest BCUT2D eigenvalue weighted by atomic mass is 9.75. The molecule has 4 heteroatoms. The zero-order valence-electron chi connectivity index (χ0n) is 10.6. The van der Waals surface area contributed by atoms with Gasteiger partial charge in [-0.1, -0.05) is 19.9 Å². The first kappa shape index (κ1) is 13.7. The van der Waals surface area contributed by atoms with Gasteiger partial charge in [-0.15, -0.1) is 6.58 Å². The molecule has 0 aromatic heterocycles. The minimum atomic E-state index is -0.516. The van der Waals surface area contributed by atoms with Crippen LogP contribution in [0.5, 0.6) is 0 Å². The van der Waals surface area contributed by atoms with Gasteiger partial charge in [0.15, 0.2) is 0 Å². The van der Waals surface area contributed by atoms with Gasteiger partial charge in [-0.3, -0.25) is 4.79 Å². The fourth-order valence-corrected chi connectivity index (χ4v) is 2.13. The summed E-state index contributed by atoms with van der Waals surface area (Å²) in [6, 6.07) is 2.09. The monoisotopic (exact) mass is 237 g/mol. The number of ether oxygens (including phenoxy) is 2. The number of hydrogen-bond donors (Lipinski definition) is 0. The Labute approximate surface area is 102 Å². The summed E-state index contributed by atoms with van der Waals surface area (Å²) < 4.78 is 11.0. The highest BCUT2D eigenvalue weighted by atomic mass is 16.6. The van der Waals surface area contributed by atoms with Crippen LogP contribution in [-0.4, -0.2) is 24.3 Å². The van der Waals surface area contributed by atoms with Crippen LogP contribution in [0.3, 0.4) is 0 Å². The molecule has 0 saturated carbocycles. The van der Waals surface area contributed by atoms with E-state index in [1.54, 1.807) is 6.08 Å². The molecular weight excluding hydrogens is 218 g/mol.